The Hall–Kier alpha value is -2.24. The molecule has 3 rings (SSSR count). The van der Waals surface area contributed by atoms with E-state index >= 15 is 0 Å². The molecule has 1 aromatic carbocycles. The highest BCUT2D eigenvalue weighted by Gasteiger charge is 2.42. The van der Waals surface area contributed by atoms with Crippen molar-refractivity contribution in [2.75, 3.05) is 20.3 Å². The molecule has 26 heavy (non-hydrogen) atoms. The quantitative estimate of drug-likeness (QED) is 0.577. The largest absolute Gasteiger partial charge is 0.497 e. The molecule has 2 aliphatic carbocycles. The fourth-order valence-electron chi connectivity index (χ4n) is 4.37. The number of hydrogen-bond donors (Lipinski definition) is 2. The van der Waals surface area contributed by atoms with Gasteiger partial charge in [0.2, 0.25) is 0 Å². The second kappa shape index (κ2) is 8.43. The summed E-state index contributed by atoms with van der Waals surface area (Å²) in [5.41, 5.74) is 0. The molecule has 4 atom stereocenters. The van der Waals surface area contributed by atoms with Crippen LogP contribution in [-0.4, -0.2) is 38.1 Å². The predicted molar refractivity (Wildman–Crippen MR) is 98.0 cm³/mol. The van der Waals surface area contributed by atoms with Crippen LogP contribution in [0.15, 0.2) is 24.3 Å². The molecule has 2 fully saturated rings. The smallest absolute Gasteiger partial charge is 0.309 e. The first kappa shape index (κ1) is 18.5. The molecule has 0 spiro atoms. The molecular formula is C20H28N2O4. The van der Waals surface area contributed by atoms with E-state index in [1.54, 1.807) is 31.4 Å². The first-order valence-corrected chi connectivity index (χ1v) is 9.42. The third kappa shape index (κ3) is 4.48. The number of fused-ring (bicyclic) bond motifs is 2. The normalized spacial score (nSPS) is 24.8. The average Bonchev–Trinajstić information content (AvgIpc) is 3.29. The van der Waals surface area contributed by atoms with Gasteiger partial charge in [-0.3, -0.25) is 9.59 Å². The van der Waals surface area contributed by atoms with E-state index in [-0.39, 0.29) is 12.6 Å². The van der Waals surface area contributed by atoms with Gasteiger partial charge in [0.1, 0.15) is 18.1 Å². The van der Waals surface area contributed by atoms with Crippen LogP contribution in [-0.2, 0) is 9.59 Å². The van der Waals surface area contributed by atoms with E-state index in [9.17, 15) is 9.59 Å². The number of rotatable bonds is 7. The van der Waals surface area contributed by atoms with E-state index in [2.05, 4.69) is 10.6 Å². The number of hydrogen-bond acceptors (Lipinski definition) is 4. The molecule has 4 unspecified atom stereocenters. The average molecular weight is 360 g/mol. The van der Waals surface area contributed by atoms with Crippen molar-refractivity contribution in [1.29, 1.82) is 0 Å². The van der Waals surface area contributed by atoms with Gasteiger partial charge in [-0.1, -0.05) is 6.42 Å². The SMILES string of the molecule is COc1ccc(OCCNC(=O)C(=O)NC(C)C2CC3CCC2C3)cc1. The van der Waals surface area contributed by atoms with Gasteiger partial charge in [-0.15, -0.1) is 0 Å². The molecule has 0 radical (unpaired) electrons. The number of ether oxygens (including phenoxy) is 2. The zero-order chi connectivity index (χ0) is 18.5. The Morgan fingerprint density at radius 3 is 2.46 bits per heavy atom. The van der Waals surface area contributed by atoms with Crippen LogP contribution in [0.25, 0.3) is 0 Å². The minimum atomic E-state index is -0.599. The van der Waals surface area contributed by atoms with Crippen LogP contribution >= 0.6 is 0 Å². The Morgan fingerprint density at radius 1 is 1.12 bits per heavy atom. The lowest BCUT2D eigenvalue weighted by Crippen LogP contribution is -2.47. The summed E-state index contributed by atoms with van der Waals surface area (Å²) in [7, 11) is 1.61. The van der Waals surface area contributed by atoms with Crippen molar-refractivity contribution >= 4 is 11.8 Å². The lowest BCUT2D eigenvalue weighted by Gasteiger charge is -2.28. The summed E-state index contributed by atoms with van der Waals surface area (Å²) in [6, 6.07) is 7.25. The number of amides is 2. The number of methoxy groups -OCH3 is 1. The number of carbonyl (C=O) groups excluding carboxylic acids is 2. The topological polar surface area (TPSA) is 76.7 Å². The lowest BCUT2D eigenvalue weighted by atomic mass is 9.84. The molecule has 2 N–H and O–H groups in total. The maximum absolute atomic E-state index is 12.1. The van der Waals surface area contributed by atoms with Crippen molar-refractivity contribution in [2.45, 2.75) is 38.6 Å². The summed E-state index contributed by atoms with van der Waals surface area (Å²) in [6.45, 7) is 2.59. The molecule has 0 saturated heterocycles. The van der Waals surface area contributed by atoms with Crippen LogP contribution in [0.4, 0.5) is 0 Å². The van der Waals surface area contributed by atoms with Crippen LogP contribution in [0.5, 0.6) is 11.5 Å². The van der Waals surface area contributed by atoms with Crippen molar-refractivity contribution in [3.05, 3.63) is 24.3 Å². The van der Waals surface area contributed by atoms with Crippen LogP contribution in [0.1, 0.15) is 32.6 Å². The highest BCUT2D eigenvalue weighted by Crippen LogP contribution is 2.49. The molecule has 1 aromatic rings. The van der Waals surface area contributed by atoms with Gasteiger partial charge < -0.3 is 20.1 Å². The zero-order valence-corrected chi connectivity index (χ0v) is 15.5. The molecule has 0 aromatic heterocycles. The fourth-order valence-corrected chi connectivity index (χ4v) is 4.37. The van der Waals surface area contributed by atoms with E-state index in [0.717, 1.165) is 17.6 Å². The van der Waals surface area contributed by atoms with E-state index < -0.39 is 11.8 Å². The molecule has 0 heterocycles. The van der Waals surface area contributed by atoms with E-state index in [1.165, 1.54) is 25.7 Å². The van der Waals surface area contributed by atoms with Crippen molar-refractivity contribution in [2.24, 2.45) is 17.8 Å². The Balaban J connectivity index is 1.34. The Labute approximate surface area is 154 Å². The van der Waals surface area contributed by atoms with Crippen molar-refractivity contribution in [3.63, 3.8) is 0 Å². The third-order valence-electron chi connectivity index (χ3n) is 5.72. The van der Waals surface area contributed by atoms with Gasteiger partial charge in [-0.2, -0.15) is 0 Å². The van der Waals surface area contributed by atoms with Crippen molar-refractivity contribution in [1.82, 2.24) is 10.6 Å². The Morgan fingerprint density at radius 2 is 1.85 bits per heavy atom. The summed E-state index contributed by atoms with van der Waals surface area (Å²) in [5.74, 6) is 2.36. The standard InChI is InChI=1S/C20H28N2O4/c1-13(18-12-14-3-4-15(18)11-14)22-20(24)19(23)21-9-10-26-17-7-5-16(25-2)6-8-17/h5-8,13-15,18H,3-4,9-12H2,1-2H3,(H,21,23)(H,22,24). The van der Waals surface area contributed by atoms with E-state index in [0.29, 0.717) is 18.3 Å². The summed E-state index contributed by atoms with van der Waals surface area (Å²) < 4.78 is 10.6. The molecule has 0 aliphatic heterocycles. The molecule has 2 bridgehead atoms. The van der Waals surface area contributed by atoms with E-state index in [4.69, 9.17) is 9.47 Å². The highest BCUT2D eigenvalue weighted by atomic mass is 16.5. The van der Waals surface area contributed by atoms with E-state index in [1.807, 2.05) is 6.92 Å². The molecule has 2 aliphatic rings. The maximum atomic E-state index is 12.1. The monoisotopic (exact) mass is 360 g/mol. The molecule has 6 heteroatoms. The van der Waals surface area contributed by atoms with Crippen LogP contribution < -0.4 is 20.1 Å². The molecule has 142 valence electrons. The van der Waals surface area contributed by atoms with Gasteiger partial charge in [0.25, 0.3) is 0 Å². The number of nitrogens with one attached hydrogen (secondary N) is 2. The third-order valence-corrected chi connectivity index (χ3v) is 5.72. The first-order chi connectivity index (χ1) is 12.6. The lowest BCUT2D eigenvalue weighted by molar-refractivity contribution is -0.139. The molecule has 2 amide bonds. The van der Waals surface area contributed by atoms with Gasteiger partial charge in [-0.05, 0) is 68.2 Å². The van der Waals surface area contributed by atoms with Crippen LogP contribution in [0, 0.1) is 17.8 Å². The zero-order valence-electron chi connectivity index (χ0n) is 15.5. The van der Waals surface area contributed by atoms with Gasteiger partial charge in [0.05, 0.1) is 13.7 Å². The van der Waals surface area contributed by atoms with Crippen LogP contribution in [0.2, 0.25) is 0 Å². The molecular weight excluding hydrogens is 332 g/mol. The first-order valence-electron chi connectivity index (χ1n) is 9.42. The maximum Gasteiger partial charge on any atom is 0.309 e. The summed E-state index contributed by atoms with van der Waals surface area (Å²) in [4.78, 5) is 24.0. The minimum Gasteiger partial charge on any atom is -0.497 e. The molecule has 6 nitrogen and oxygen atoms in total. The molecule has 2 saturated carbocycles. The van der Waals surface area contributed by atoms with Crippen LogP contribution in [0.3, 0.4) is 0 Å². The summed E-state index contributed by atoms with van der Waals surface area (Å²) in [6.07, 6.45) is 5.07. The van der Waals surface area contributed by atoms with Gasteiger partial charge >= 0.3 is 11.8 Å². The summed E-state index contributed by atoms with van der Waals surface area (Å²) >= 11 is 0. The number of carbonyl (C=O) groups is 2. The second-order valence-electron chi connectivity index (χ2n) is 7.38. The summed E-state index contributed by atoms with van der Waals surface area (Å²) in [5, 5.41) is 5.48. The van der Waals surface area contributed by atoms with Crippen molar-refractivity contribution in [3.8, 4) is 11.5 Å². The Bertz CT molecular complexity index is 631. The van der Waals surface area contributed by atoms with Gasteiger partial charge in [0.15, 0.2) is 0 Å². The highest BCUT2D eigenvalue weighted by molar-refractivity contribution is 6.35. The van der Waals surface area contributed by atoms with Gasteiger partial charge in [-0.25, -0.2) is 0 Å². The Kier molecular flexibility index (Phi) is 6.01. The van der Waals surface area contributed by atoms with Gasteiger partial charge in [0, 0.05) is 6.04 Å². The fraction of sp³-hybridized carbons (Fsp3) is 0.600. The number of benzene rings is 1. The predicted octanol–water partition coefficient (Wildman–Crippen LogP) is 2.13. The second-order valence-corrected chi connectivity index (χ2v) is 7.38. The van der Waals surface area contributed by atoms with Crippen molar-refractivity contribution < 1.29 is 19.1 Å². The minimum absolute atomic E-state index is 0.0547.